The Morgan fingerprint density at radius 1 is 0.565 bits per heavy atom. The monoisotopic (exact) mass is 866 g/mol. The van der Waals surface area contributed by atoms with Gasteiger partial charge in [0.2, 0.25) is 0 Å². The lowest BCUT2D eigenvalue weighted by molar-refractivity contribution is -0.141. The van der Waals surface area contributed by atoms with Crippen LogP contribution in [0.25, 0.3) is 18.2 Å². The molecule has 20 nitrogen and oxygen atoms in total. The van der Waals surface area contributed by atoms with Gasteiger partial charge in [0.25, 0.3) is 0 Å². The van der Waals surface area contributed by atoms with E-state index in [1.807, 2.05) is 0 Å². The van der Waals surface area contributed by atoms with E-state index in [9.17, 15) is 79.2 Å². The Balaban J connectivity index is 1.99. The highest BCUT2D eigenvalue weighted by Gasteiger charge is 2.53. The summed E-state index contributed by atoms with van der Waals surface area (Å²) in [6, 6.07) is -1.82. The van der Waals surface area contributed by atoms with E-state index in [0.29, 0.717) is 0 Å². The number of aliphatic carboxylic acids is 8. The molecule has 0 amide bonds. The van der Waals surface area contributed by atoms with Crippen molar-refractivity contribution in [3.8, 4) is 0 Å². The number of rotatable bonds is 20. The fraction of sp³-hybridized carbons (Fsp3) is 0.476. The molecule has 8 bridgehead atoms. The molecule has 0 aromatic carbocycles. The molecule has 62 heavy (non-hydrogen) atoms. The van der Waals surface area contributed by atoms with Crippen molar-refractivity contribution in [3.05, 3.63) is 61.8 Å². The number of hydrogen-bond donors (Lipinski definition) is 12. The maximum atomic E-state index is 12.6. The zero-order valence-corrected chi connectivity index (χ0v) is 33.9. The molecule has 0 spiro atoms. The molecule has 2 saturated heterocycles. The van der Waals surface area contributed by atoms with Crippen LogP contribution in [-0.4, -0.2) is 111 Å². The van der Waals surface area contributed by atoms with Gasteiger partial charge in [0.05, 0.1) is 25.7 Å². The number of nitrogens with one attached hydrogen (secondary N) is 4. The summed E-state index contributed by atoms with van der Waals surface area (Å²) in [7, 11) is 0. The third kappa shape index (κ3) is 10.2. The van der Waals surface area contributed by atoms with Gasteiger partial charge >= 0.3 is 47.8 Å². The highest BCUT2D eigenvalue weighted by molar-refractivity contribution is 5.78. The highest BCUT2D eigenvalue weighted by Crippen LogP contribution is 2.52. The van der Waals surface area contributed by atoms with Gasteiger partial charge in [-0.05, 0) is 78.2 Å². The summed E-state index contributed by atoms with van der Waals surface area (Å²) < 4.78 is 0. The Bertz CT molecular complexity index is 2390. The molecular formula is C42H50N4O16. The van der Waals surface area contributed by atoms with Crippen molar-refractivity contribution in [1.29, 1.82) is 0 Å². The van der Waals surface area contributed by atoms with Crippen LogP contribution >= 0.6 is 0 Å². The molecule has 5 heterocycles. The van der Waals surface area contributed by atoms with E-state index in [1.54, 1.807) is 26.0 Å². The van der Waals surface area contributed by atoms with Crippen molar-refractivity contribution in [2.24, 2.45) is 22.7 Å². The first-order valence-corrected chi connectivity index (χ1v) is 19.9. The number of hydrogen-bond acceptors (Lipinski definition) is 10. The Labute approximate surface area is 352 Å². The maximum absolute atomic E-state index is 12.6. The average molecular weight is 867 g/mol. The first-order valence-electron chi connectivity index (χ1n) is 19.9. The number of allylic oxidation sites excluding steroid dienone is 2. The molecule has 12 N–H and O–H groups in total. The third-order valence-corrected chi connectivity index (χ3v) is 12.4. The summed E-state index contributed by atoms with van der Waals surface area (Å²) in [5, 5.41) is 86.9. The number of aromatic amines is 2. The second kappa shape index (κ2) is 18.5. The minimum Gasteiger partial charge on any atom is -0.481 e. The Hall–Kier alpha value is -6.70. The van der Waals surface area contributed by atoms with Crippen LogP contribution in [0.3, 0.4) is 0 Å². The number of H-pyrrole nitrogens is 2. The second-order valence-corrected chi connectivity index (χ2v) is 16.6. The number of fused-ring (bicyclic) bond motifs is 8. The van der Waals surface area contributed by atoms with Crippen LogP contribution in [0, 0.1) is 22.7 Å². The molecule has 2 fully saturated rings. The van der Waals surface area contributed by atoms with Crippen molar-refractivity contribution < 1.29 is 79.2 Å². The molecule has 0 unspecified atom stereocenters. The fourth-order valence-electron chi connectivity index (χ4n) is 9.61. The van der Waals surface area contributed by atoms with Gasteiger partial charge < -0.3 is 61.5 Å². The fourth-order valence-corrected chi connectivity index (χ4v) is 9.61. The van der Waals surface area contributed by atoms with Gasteiger partial charge in [-0.1, -0.05) is 13.8 Å². The van der Waals surface area contributed by atoms with E-state index in [0.717, 1.165) is 0 Å². The van der Waals surface area contributed by atoms with Crippen LogP contribution in [0.2, 0.25) is 0 Å². The zero-order valence-electron chi connectivity index (χ0n) is 33.9. The van der Waals surface area contributed by atoms with E-state index in [2.05, 4.69) is 20.6 Å². The van der Waals surface area contributed by atoms with Gasteiger partial charge in [-0.2, -0.15) is 0 Å². The molecule has 6 atom stereocenters. The van der Waals surface area contributed by atoms with Crippen LogP contribution in [0.5, 0.6) is 0 Å². The molecule has 2 aromatic rings. The zero-order chi connectivity index (χ0) is 45.8. The van der Waals surface area contributed by atoms with Gasteiger partial charge in [-0.15, -0.1) is 0 Å². The van der Waals surface area contributed by atoms with E-state index < -0.39 is 134 Å². The molecule has 2 aromatic heterocycles. The minimum atomic E-state index is -1.38. The third-order valence-electron chi connectivity index (χ3n) is 12.4. The van der Waals surface area contributed by atoms with Crippen LogP contribution in [0.4, 0.5) is 0 Å². The number of carbonyl (C=O) groups is 8. The van der Waals surface area contributed by atoms with Crippen LogP contribution < -0.4 is 21.3 Å². The summed E-state index contributed by atoms with van der Waals surface area (Å²) in [6.45, 7) is 3.26. The predicted octanol–water partition coefficient (Wildman–Crippen LogP) is 1.35. The topological polar surface area (TPSA) is 354 Å². The normalized spacial score (nSPS) is 26.6. The second-order valence-electron chi connectivity index (χ2n) is 16.6. The lowest BCUT2D eigenvalue weighted by atomic mass is 9.67. The van der Waals surface area contributed by atoms with Crippen molar-refractivity contribution >= 4 is 66.0 Å². The number of carboxylic acids is 8. The Morgan fingerprint density at radius 3 is 1.68 bits per heavy atom. The van der Waals surface area contributed by atoms with E-state index in [-0.39, 0.29) is 81.4 Å². The maximum Gasteiger partial charge on any atom is 0.307 e. The SMILES string of the molecule is C[C@@]1(CC(=O)O)[C@@H]2/C=c3\[nH]/c(c(CCC(=O)O)c3CC(=O)O)=C\c3[nH]c(c(CC(=O)O)c3CCC(=O)O)/C=C3\N/C(=C\[C@@H](N2)[C@H]1CCC(=O)O)[C@@](C)(CC(=O)O)[C@@H]3CCC(=O)O. The molecule has 0 radical (unpaired) electrons. The number of carboxylic acid groups (broad SMARTS) is 8. The summed E-state index contributed by atoms with van der Waals surface area (Å²) in [4.78, 5) is 104. The summed E-state index contributed by atoms with van der Waals surface area (Å²) >= 11 is 0. The van der Waals surface area contributed by atoms with E-state index >= 15 is 0 Å². The van der Waals surface area contributed by atoms with Crippen molar-refractivity contribution in [3.63, 3.8) is 0 Å². The summed E-state index contributed by atoms with van der Waals surface area (Å²) in [5.41, 5.74) is -1.00. The minimum absolute atomic E-state index is 0.0656. The van der Waals surface area contributed by atoms with Crippen LogP contribution in [0.15, 0.2) is 17.5 Å². The first-order chi connectivity index (χ1) is 29.0. The lowest BCUT2D eigenvalue weighted by Gasteiger charge is -2.35. The summed E-state index contributed by atoms with van der Waals surface area (Å²) in [5.74, 6) is -11.5. The van der Waals surface area contributed by atoms with Gasteiger partial charge in [0, 0.05) is 88.0 Å². The summed E-state index contributed by atoms with van der Waals surface area (Å²) in [6.07, 6.45) is 1.62. The van der Waals surface area contributed by atoms with Crippen molar-refractivity contribution in [1.82, 2.24) is 20.6 Å². The lowest BCUT2D eigenvalue weighted by Crippen LogP contribution is -2.39. The van der Waals surface area contributed by atoms with E-state index in [1.165, 1.54) is 12.2 Å². The molecular weight excluding hydrogens is 816 g/mol. The van der Waals surface area contributed by atoms with E-state index in [4.69, 9.17) is 0 Å². The molecule has 20 heteroatoms. The van der Waals surface area contributed by atoms with Gasteiger partial charge in [-0.25, -0.2) is 0 Å². The molecule has 0 saturated carbocycles. The largest absolute Gasteiger partial charge is 0.481 e. The van der Waals surface area contributed by atoms with Crippen molar-refractivity contribution in [2.45, 2.75) is 103 Å². The quantitative estimate of drug-likeness (QED) is 0.0893. The Morgan fingerprint density at radius 2 is 1.11 bits per heavy atom. The van der Waals surface area contributed by atoms with Crippen LogP contribution in [0.1, 0.15) is 98.9 Å². The molecule has 334 valence electrons. The molecule has 3 aliphatic rings. The smallest absolute Gasteiger partial charge is 0.307 e. The molecule has 3 aliphatic heterocycles. The molecule has 0 aliphatic carbocycles. The average Bonchev–Trinajstić information content (AvgIpc) is 3.77. The predicted molar refractivity (Wildman–Crippen MR) is 215 cm³/mol. The van der Waals surface area contributed by atoms with Gasteiger partial charge in [-0.3, -0.25) is 38.4 Å². The van der Waals surface area contributed by atoms with Gasteiger partial charge in [0.15, 0.2) is 0 Å². The molecule has 5 rings (SSSR count). The van der Waals surface area contributed by atoms with Crippen molar-refractivity contribution in [2.75, 3.05) is 0 Å². The standard InChI is InChI=1S/C42H50N4O16/c1-41(17-39(59)60)23(5-9-35(51)52)29-14-27-21(11-37(55)56)19(3-7-33(47)48)25(43-27)13-26-20(4-8-34(49)50)22(12-38(57)58)28(44-26)15-31-42(2,18-40(61)62)24(6-10-36(53)54)30(46-31)16-32(41)45-29/h13-16,23-24,30-31,43-46H,3-12,17-18H2,1-2H3,(H,47,48)(H,49,50)(H,51,52)(H,53,54)(H,55,56)(H,57,58)(H,59,60)(H,61,62)/b26-13-,28-15-,29-14-,32-16-/t23-,24-,30-,31+,41+,42+/m1/s1. The Kier molecular flexibility index (Phi) is 13.8. The highest BCUT2D eigenvalue weighted by atomic mass is 16.4. The van der Waals surface area contributed by atoms with Crippen LogP contribution in [-0.2, 0) is 64.0 Å². The number of aromatic nitrogens is 2. The van der Waals surface area contributed by atoms with Gasteiger partial charge in [0.1, 0.15) is 0 Å². The first kappa shape index (κ1) is 46.4.